The van der Waals surface area contributed by atoms with Crippen molar-refractivity contribution in [3.05, 3.63) is 65.5 Å². The molecule has 0 atom stereocenters. The summed E-state index contributed by atoms with van der Waals surface area (Å²) in [4.78, 5) is 0. The van der Waals surface area contributed by atoms with Gasteiger partial charge in [0.1, 0.15) is 23.2 Å². The Morgan fingerprint density at radius 1 is 0.857 bits per heavy atom. The van der Waals surface area contributed by atoms with Gasteiger partial charge in [-0.15, -0.1) is 0 Å². The zero-order chi connectivity index (χ0) is 19.8. The number of halogens is 3. The van der Waals surface area contributed by atoms with Crippen molar-refractivity contribution in [3.8, 4) is 16.9 Å². The maximum atomic E-state index is 14.9. The molecule has 0 aromatic heterocycles. The summed E-state index contributed by atoms with van der Waals surface area (Å²) in [6, 6.07) is 9.75. The molecule has 1 aliphatic carbocycles. The van der Waals surface area contributed by atoms with E-state index in [0.717, 1.165) is 38.2 Å². The Morgan fingerprint density at radius 2 is 1.54 bits per heavy atom. The van der Waals surface area contributed by atoms with Gasteiger partial charge in [0.2, 0.25) is 0 Å². The maximum absolute atomic E-state index is 14.9. The van der Waals surface area contributed by atoms with E-state index in [4.69, 9.17) is 0 Å². The van der Waals surface area contributed by atoms with Gasteiger partial charge in [0.25, 0.3) is 0 Å². The minimum atomic E-state index is -0.662. The van der Waals surface area contributed by atoms with Gasteiger partial charge in [-0.1, -0.05) is 19.4 Å². The summed E-state index contributed by atoms with van der Waals surface area (Å²) in [5.74, 6) is -1.11. The van der Waals surface area contributed by atoms with Crippen molar-refractivity contribution in [2.75, 3.05) is 0 Å². The van der Waals surface area contributed by atoms with Crippen molar-refractivity contribution >= 4 is 10.8 Å². The topological polar surface area (TPSA) is 20.2 Å². The average Bonchev–Trinajstić information content (AvgIpc) is 2.68. The molecule has 0 aliphatic heterocycles. The summed E-state index contributed by atoms with van der Waals surface area (Å²) in [6.45, 7) is 2.18. The third kappa shape index (κ3) is 3.48. The third-order valence-electron chi connectivity index (χ3n) is 6.14. The number of benzene rings is 3. The van der Waals surface area contributed by atoms with Crippen LogP contribution in [-0.4, -0.2) is 5.11 Å². The summed E-state index contributed by atoms with van der Waals surface area (Å²) in [5.41, 5.74) is 0.645. The molecule has 0 amide bonds. The van der Waals surface area contributed by atoms with E-state index in [-0.39, 0.29) is 28.2 Å². The van der Waals surface area contributed by atoms with Crippen LogP contribution in [0, 0.1) is 23.4 Å². The number of phenolic OH excluding ortho intramolecular Hbond substituents is 1. The van der Waals surface area contributed by atoms with Gasteiger partial charge in [0, 0.05) is 5.39 Å². The number of hydrogen-bond acceptors (Lipinski definition) is 1. The summed E-state index contributed by atoms with van der Waals surface area (Å²) in [5, 5.41) is 10.2. The Labute approximate surface area is 162 Å². The van der Waals surface area contributed by atoms with Gasteiger partial charge >= 0.3 is 0 Å². The normalized spacial score (nSPS) is 19.9. The van der Waals surface area contributed by atoms with Crippen molar-refractivity contribution in [1.29, 1.82) is 0 Å². The van der Waals surface area contributed by atoms with Crippen LogP contribution in [0.1, 0.15) is 50.5 Å². The van der Waals surface area contributed by atoms with Crippen LogP contribution in [0.25, 0.3) is 21.9 Å². The first-order valence-corrected chi connectivity index (χ1v) is 9.88. The zero-order valence-corrected chi connectivity index (χ0v) is 15.8. The van der Waals surface area contributed by atoms with E-state index >= 15 is 0 Å². The van der Waals surface area contributed by atoms with E-state index in [1.54, 1.807) is 6.07 Å². The lowest BCUT2D eigenvalue weighted by molar-refractivity contribution is 0.318. The van der Waals surface area contributed by atoms with E-state index in [2.05, 4.69) is 6.92 Å². The molecule has 1 nitrogen and oxygen atoms in total. The molecule has 28 heavy (non-hydrogen) atoms. The van der Waals surface area contributed by atoms with Crippen LogP contribution >= 0.6 is 0 Å². The molecule has 0 unspecified atom stereocenters. The van der Waals surface area contributed by atoms with Gasteiger partial charge in [-0.2, -0.15) is 0 Å². The standard InChI is InChI=1S/C24H23F3O/c1-2-14-3-5-15(6-4-14)17-10-22(26)24(23(27)11-17)18-9-16-7-8-19(28)13-20(16)21(25)12-18/h7-15,28H,2-6H2,1H3. The smallest absolute Gasteiger partial charge is 0.134 e. The van der Waals surface area contributed by atoms with E-state index in [1.807, 2.05) is 0 Å². The molecule has 0 heterocycles. The van der Waals surface area contributed by atoms with E-state index in [9.17, 15) is 18.3 Å². The molecule has 1 fully saturated rings. The first kappa shape index (κ1) is 18.9. The number of aromatic hydroxyl groups is 1. The molecule has 3 aromatic carbocycles. The molecule has 0 bridgehead atoms. The highest BCUT2D eigenvalue weighted by Gasteiger charge is 2.24. The Kier molecular flexibility index (Phi) is 5.05. The van der Waals surface area contributed by atoms with Gasteiger partial charge in [-0.25, -0.2) is 13.2 Å². The Hall–Kier alpha value is -2.49. The van der Waals surface area contributed by atoms with Crippen LogP contribution in [0.4, 0.5) is 13.2 Å². The van der Waals surface area contributed by atoms with Gasteiger partial charge in [-0.05, 0) is 90.4 Å². The average molecular weight is 384 g/mol. The molecule has 0 spiro atoms. The van der Waals surface area contributed by atoms with Crippen LogP contribution in [0.3, 0.4) is 0 Å². The molecule has 4 heteroatoms. The molecule has 146 valence electrons. The Balaban J connectivity index is 1.71. The highest BCUT2D eigenvalue weighted by molar-refractivity contribution is 5.89. The molecule has 1 aliphatic rings. The highest BCUT2D eigenvalue weighted by atomic mass is 19.1. The summed E-state index contributed by atoms with van der Waals surface area (Å²) in [7, 11) is 0. The fourth-order valence-corrected chi connectivity index (χ4v) is 4.45. The molecule has 3 aromatic rings. The van der Waals surface area contributed by atoms with Crippen LogP contribution in [0.5, 0.6) is 5.75 Å². The van der Waals surface area contributed by atoms with Gasteiger partial charge in [0.05, 0.1) is 5.56 Å². The predicted octanol–water partition coefficient (Wildman–Crippen LogP) is 7.31. The Bertz CT molecular complexity index is 997. The Morgan fingerprint density at radius 3 is 2.18 bits per heavy atom. The summed E-state index contributed by atoms with van der Waals surface area (Å²) in [6.07, 6.45) is 5.24. The number of phenols is 1. The van der Waals surface area contributed by atoms with E-state index < -0.39 is 17.5 Å². The minimum absolute atomic E-state index is 0.0568. The van der Waals surface area contributed by atoms with Crippen molar-refractivity contribution in [1.82, 2.24) is 0 Å². The number of fused-ring (bicyclic) bond motifs is 1. The summed E-state index contributed by atoms with van der Waals surface area (Å²) >= 11 is 0. The van der Waals surface area contributed by atoms with Crippen molar-refractivity contribution in [2.24, 2.45) is 5.92 Å². The minimum Gasteiger partial charge on any atom is -0.508 e. The fraction of sp³-hybridized carbons (Fsp3) is 0.333. The predicted molar refractivity (Wildman–Crippen MR) is 106 cm³/mol. The number of hydrogen-bond donors (Lipinski definition) is 1. The van der Waals surface area contributed by atoms with Crippen LogP contribution in [0.2, 0.25) is 0 Å². The second-order valence-electron chi connectivity index (χ2n) is 7.85. The lowest BCUT2D eigenvalue weighted by Crippen LogP contribution is -2.13. The molecule has 1 N–H and O–H groups in total. The molecular weight excluding hydrogens is 361 g/mol. The van der Waals surface area contributed by atoms with Crippen molar-refractivity contribution < 1.29 is 18.3 Å². The molecule has 0 radical (unpaired) electrons. The number of rotatable bonds is 3. The maximum Gasteiger partial charge on any atom is 0.134 e. The quantitative estimate of drug-likeness (QED) is 0.502. The summed E-state index contributed by atoms with van der Waals surface area (Å²) < 4.78 is 44.2. The van der Waals surface area contributed by atoms with Crippen molar-refractivity contribution in [2.45, 2.75) is 44.9 Å². The first-order chi connectivity index (χ1) is 13.5. The highest BCUT2D eigenvalue weighted by Crippen LogP contribution is 2.39. The van der Waals surface area contributed by atoms with Crippen LogP contribution in [0.15, 0.2) is 42.5 Å². The van der Waals surface area contributed by atoms with Crippen LogP contribution < -0.4 is 0 Å². The van der Waals surface area contributed by atoms with Crippen molar-refractivity contribution in [3.63, 3.8) is 0 Å². The second kappa shape index (κ2) is 7.50. The lowest BCUT2D eigenvalue weighted by Gasteiger charge is -2.28. The lowest BCUT2D eigenvalue weighted by atomic mass is 9.77. The van der Waals surface area contributed by atoms with Crippen LogP contribution in [-0.2, 0) is 0 Å². The molecule has 0 saturated heterocycles. The van der Waals surface area contributed by atoms with E-state index in [0.29, 0.717) is 16.9 Å². The second-order valence-corrected chi connectivity index (χ2v) is 7.85. The molecular formula is C24H23F3O. The fourth-order valence-electron chi connectivity index (χ4n) is 4.45. The van der Waals surface area contributed by atoms with Gasteiger partial charge in [0.15, 0.2) is 0 Å². The SMILES string of the molecule is CCC1CCC(c2cc(F)c(-c3cc(F)c4cc(O)ccc4c3)c(F)c2)CC1. The third-order valence-corrected chi connectivity index (χ3v) is 6.14. The zero-order valence-electron chi connectivity index (χ0n) is 15.8. The van der Waals surface area contributed by atoms with Gasteiger partial charge in [-0.3, -0.25) is 0 Å². The van der Waals surface area contributed by atoms with Gasteiger partial charge < -0.3 is 5.11 Å². The molecule has 4 rings (SSSR count). The molecule has 1 saturated carbocycles. The van der Waals surface area contributed by atoms with E-state index in [1.165, 1.54) is 30.3 Å². The first-order valence-electron chi connectivity index (χ1n) is 9.88. The monoisotopic (exact) mass is 384 g/mol. The largest absolute Gasteiger partial charge is 0.508 e.